The van der Waals surface area contributed by atoms with Crippen LogP contribution in [0.1, 0.15) is 20.8 Å². The van der Waals surface area contributed by atoms with Crippen LogP contribution in [0.4, 0.5) is 20.2 Å². The Morgan fingerprint density at radius 1 is 0.488 bits per heavy atom. The molecule has 0 aliphatic carbocycles. The predicted octanol–water partition coefficient (Wildman–Crippen LogP) is 11.1. The van der Waals surface area contributed by atoms with Gasteiger partial charge in [-0.1, -0.05) is 103 Å². The van der Waals surface area contributed by atoms with Crippen molar-refractivity contribution in [1.82, 2.24) is 0 Å². The maximum absolute atomic E-state index is 16.5. The molecule has 0 radical (unpaired) electrons. The third kappa shape index (κ3) is 5.12. The van der Waals surface area contributed by atoms with E-state index >= 15 is 8.78 Å². The molecule has 0 aliphatic heterocycles. The number of anilines is 2. The zero-order valence-electron chi connectivity index (χ0n) is 23.4. The first kappa shape index (κ1) is 26.5. The van der Waals surface area contributed by atoms with Crippen LogP contribution in [0.2, 0.25) is 0 Å². The van der Waals surface area contributed by atoms with Gasteiger partial charge in [0.25, 0.3) is 0 Å². The third-order valence-electron chi connectivity index (χ3n) is 7.43. The minimum absolute atomic E-state index is 0.331. The Labute approximate surface area is 240 Å². The lowest BCUT2D eigenvalue weighted by Gasteiger charge is -2.39. The summed E-state index contributed by atoms with van der Waals surface area (Å²) < 4.78 is 31.9. The molecule has 41 heavy (non-hydrogen) atoms. The zero-order valence-corrected chi connectivity index (χ0v) is 23.4. The van der Waals surface area contributed by atoms with Crippen molar-refractivity contribution in [2.45, 2.75) is 26.3 Å². The summed E-state index contributed by atoms with van der Waals surface area (Å²) in [5.41, 5.74) is 5.42. The average Bonchev–Trinajstić information content (AvgIpc) is 2.98. The lowest BCUT2D eigenvalue weighted by molar-refractivity contribution is 0.527. The highest BCUT2D eigenvalue weighted by molar-refractivity contribution is 5.98. The molecule has 0 spiro atoms. The molecular weight excluding hydrogens is 508 g/mol. The molecule has 1 nitrogen and oxygen atoms in total. The van der Waals surface area contributed by atoms with Gasteiger partial charge in [-0.05, 0) is 89.7 Å². The van der Waals surface area contributed by atoms with E-state index in [1.165, 1.54) is 6.07 Å². The maximum Gasteiger partial charge on any atom is 0.148 e. The van der Waals surface area contributed by atoms with Gasteiger partial charge in [-0.2, -0.15) is 0 Å². The first-order valence-electron chi connectivity index (χ1n) is 13.8. The van der Waals surface area contributed by atoms with E-state index in [-0.39, 0.29) is 0 Å². The molecule has 0 fully saturated rings. The molecule has 3 heteroatoms. The van der Waals surface area contributed by atoms with Crippen molar-refractivity contribution in [2.75, 3.05) is 4.90 Å². The van der Waals surface area contributed by atoms with Gasteiger partial charge in [0.15, 0.2) is 0 Å². The number of fused-ring (bicyclic) bond motifs is 1. The Hall–Kier alpha value is -4.76. The van der Waals surface area contributed by atoms with Crippen molar-refractivity contribution in [3.8, 4) is 33.4 Å². The number of benzene rings is 6. The molecule has 0 aromatic heterocycles. The van der Waals surface area contributed by atoms with Gasteiger partial charge in [0.05, 0.1) is 11.4 Å². The van der Waals surface area contributed by atoms with Crippen LogP contribution in [0, 0.1) is 11.6 Å². The molecule has 0 saturated carbocycles. The third-order valence-corrected chi connectivity index (χ3v) is 7.43. The van der Waals surface area contributed by atoms with Gasteiger partial charge in [0.1, 0.15) is 11.6 Å². The Bertz CT molecular complexity index is 1850. The molecule has 6 aromatic rings. The topological polar surface area (TPSA) is 3.24 Å². The van der Waals surface area contributed by atoms with E-state index in [2.05, 4.69) is 42.5 Å². The van der Waals surface area contributed by atoms with Crippen LogP contribution in [-0.4, -0.2) is 5.54 Å². The zero-order chi connectivity index (χ0) is 28.6. The summed E-state index contributed by atoms with van der Waals surface area (Å²) in [7, 11) is 0. The number of rotatable bonds is 5. The van der Waals surface area contributed by atoms with Crippen LogP contribution in [-0.2, 0) is 0 Å². The Kier molecular flexibility index (Phi) is 6.88. The van der Waals surface area contributed by atoms with Crippen molar-refractivity contribution >= 4 is 22.1 Å². The van der Waals surface area contributed by atoms with E-state index in [1.54, 1.807) is 29.2 Å². The van der Waals surface area contributed by atoms with Gasteiger partial charge in [-0.15, -0.1) is 0 Å². The fraction of sp³-hybridized carbons (Fsp3) is 0.105. The van der Waals surface area contributed by atoms with Crippen LogP contribution in [0.3, 0.4) is 0 Å². The van der Waals surface area contributed by atoms with Crippen LogP contribution in [0.5, 0.6) is 0 Å². The van der Waals surface area contributed by atoms with Crippen LogP contribution >= 0.6 is 0 Å². The molecule has 0 unspecified atom stereocenters. The summed E-state index contributed by atoms with van der Waals surface area (Å²) in [6.45, 7) is 5.92. The number of halogens is 2. The van der Waals surface area contributed by atoms with Crippen molar-refractivity contribution in [2.24, 2.45) is 0 Å². The normalized spacial score (nSPS) is 11.5. The van der Waals surface area contributed by atoms with Gasteiger partial charge in [0, 0.05) is 11.1 Å². The SMILES string of the molecule is CC(C)(C)N(c1ccccc1F)c1c(F)cc(-c2ccccc2)cc1-c1cccc(-c2cccc3ccccc23)c1. The smallest absolute Gasteiger partial charge is 0.148 e. The Morgan fingerprint density at radius 3 is 1.85 bits per heavy atom. The predicted molar refractivity (Wildman–Crippen MR) is 169 cm³/mol. The molecule has 0 aliphatic rings. The minimum Gasteiger partial charge on any atom is -0.331 e. The number of nitrogens with zero attached hydrogens (tertiary/aromatic N) is 1. The van der Waals surface area contributed by atoms with Gasteiger partial charge in [-0.25, -0.2) is 8.78 Å². The second-order valence-electron chi connectivity index (χ2n) is 11.3. The van der Waals surface area contributed by atoms with Gasteiger partial charge < -0.3 is 4.90 Å². The molecule has 6 aromatic carbocycles. The summed E-state index contributed by atoms with van der Waals surface area (Å²) in [5.74, 6) is -0.806. The largest absolute Gasteiger partial charge is 0.331 e. The van der Waals surface area contributed by atoms with Crippen molar-refractivity contribution in [1.29, 1.82) is 0 Å². The molecular formula is C38H31F2N. The lowest BCUT2D eigenvalue weighted by Crippen LogP contribution is -2.39. The Morgan fingerprint density at radius 2 is 1.10 bits per heavy atom. The van der Waals surface area contributed by atoms with Gasteiger partial charge in [-0.3, -0.25) is 0 Å². The van der Waals surface area contributed by atoms with Crippen molar-refractivity contribution < 1.29 is 8.78 Å². The van der Waals surface area contributed by atoms with E-state index in [4.69, 9.17) is 0 Å². The van der Waals surface area contributed by atoms with E-state index < -0.39 is 17.2 Å². The summed E-state index contributed by atoms with van der Waals surface area (Å²) in [6.07, 6.45) is 0. The molecule has 0 heterocycles. The number of hydrogen-bond donors (Lipinski definition) is 0. The summed E-state index contributed by atoms with van der Waals surface area (Å²) >= 11 is 0. The lowest BCUT2D eigenvalue weighted by atomic mass is 9.91. The van der Waals surface area contributed by atoms with Gasteiger partial charge in [0.2, 0.25) is 0 Å². The van der Waals surface area contributed by atoms with E-state index in [0.717, 1.165) is 38.6 Å². The fourth-order valence-electron chi connectivity index (χ4n) is 5.63. The molecule has 202 valence electrons. The quantitative estimate of drug-likeness (QED) is 0.211. The second-order valence-corrected chi connectivity index (χ2v) is 11.3. The van der Waals surface area contributed by atoms with Crippen LogP contribution in [0.15, 0.2) is 133 Å². The summed E-state index contributed by atoms with van der Waals surface area (Å²) in [6, 6.07) is 42.7. The standard InChI is InChI=1S/C38H31F2N/c1-38(2,3)41(36-22-10-9-21-34(36)39)37-33(24-30(25-35(37)40)26-13-5-4-6-14-26)29-18-11-17-28(23-29)32-20-12-16-27-15-7-8-19-31(27)32/h4-25H,1-3H3. The molecule has 0 amide bonds. The molecule has 6 rings (SSSR count). The maximum atomic E-state index is 16.5. The Balaban J connectivity index is 1.63. The fourth-order valence-corrected chi connectivity index (χ4v) is 5.63. The monoisotopic (exact) mass is 539 g/mol. The van der Waals surface area contributed by atoms with E-state index in [1.807, 2.05) is 81.4 Å². The molecule has 0 bridgehead atoms. The first-order chi connectivity index (χ1) is 19.8. The average molecular weight is 540 g/mol. The molecule has 0 N–H and O–H groups in total. The van der Waals surface area contributed by atoms with Crippen molar-refractivity contribution in [3.05, 3.63) is 145 Å². The highest BCUT2D eigenvalue weighted by Crippen LogP contribution is 2.45. The highest BCUT2D eigenvalue weighted by Gasteiger charge is 2.31. The van der Waals surface area contributed by atoms with E-state index in [9.17, 15) is 0 Å². The van der Waals surface area contributed by atoms with E-state index in [0.29, 0.717) is 16.9 Å². The van der Waals surface area contributed by atoms with Gasteiger partial charge >= 0.3 is 0 Å². The first-order valence-corrected chi connectivity index (χ1v) is 13.8. The minimum atomic E-state index is -0.626. The van der Waals surface area contributed by atoms with Crippen LogP contribution in [0.25, 0.3) is 44.2 Å². The van der Waals surface area contributed by atoms with Crippen LogP contribution < -0.4 is 4.90 Å². The molecule has 0 atom stereocenters. The number of hydrogen-bond acceptors (Lipinski definition) is 1. The van der Waals surface area contributed by atoms with Crippen molar-refractivity contribution in [3.63, 3.8) is 0 Å². The number of para-hydroxylation sites is 1. The summed E-state index contributed by atoms with van der Waals surface area (Å²) in [5, 5.41) is 2.31. The molecule has 0 saturated heterocycles. The highest BCUT2D eigenvalue weighted by atomic mass is 19.1. The second kappa shape index (κ2) is 10.7. The summed E-state index contributed by atoms with van der Waals surface area (Å²) in [4.78, 5) is 1.78.